The summed E-state index contributed by atoms with van der Waals surface area (Å²) >= 11 is 3.39. The van der Waals surface area contributed by atoms with Crippen molar-refractivity contribution >= 4 is 15.9 Å². The molecule has 1 aromatic carbocycles. The van der Waals surface area contributed by atoms with Gasteiger partial charge in [0.1, 0.15) is 0 Å². The summed E-state index contributed by atoms with van der Waals surface area (Å²) in [5.41, 5.74) is 3.03. The molecule has 20 heavy (non-hydrogen) atoms. The molecule has 0 aliphatic heterocycles. The molecule has 0 amide bonds. The maximum atomic E-state index is 10.3. The summed E-state index contributed by atoms with van der Waals surface area (Å²) in [6, 6.07) is 11.7. The van der Waals surface area contributed by atoms with Gasteiger partial charge >= 0.3 is 0 Å². The molecule has 0 unspecified atom stereocenters. The van der Waals surface area contributed by atoms with Gasteiger partial charge in [-0.1, -0.05) is 34.1 Å². The lowest BCUT2D eigenvalue weighted by atomic mass is 10.0. The Kier molecular flexibility index (Phi) is 5.29. The van der Waals surface area contributed by atoms with Gasteiger partial charge in [-0.3, -0.25) is 4.98 Å². The van der Waals surface area contributed by atoms with Gasteiger partial charge < -0.3 is 10.4 Å². The standard InChI is InChI=1S/C16H19BrN2O/c1-11-3-8-15(19-9-11)10-18-12(2)16(20)13-4-6-14(17)7-5-13/h3-9,12,16,18,20H,10H2,1-2H3/t12-,16-/m0/s1. The maximum absolute atomic E-state index is 10.3. The van der Waals surface area contributed by atoms with Gasteiger partial charge in [-0.05, 0) is 43.2 Å². The van der Waals surface area contributed by atoms with Crippen LogP contribution in [0.2, 0.25) is 0 Å². The van der Waals surface area contributed by atoms with E-state index in [1.165, 1.54) is 0 Å². The molecule has 0 fully saturated rings. The third-order valence-electron chi connectivity index (χ3n) is 3.26. The molecule has 0 saturated heterocycles. The normalized spacial score (nSPS) is 14.0. The number of aliphatic hydroxyl groups is 1. The number of halogens is 1. The minimum Gasteiger partial charge on any atom is -0.387 e. The van der Waals surface area contributed by atoms with Crippen LogP contribution in [0.5, 0.6) is 0 Å². The first-order valence-electron chi connectivity index (χ1n) is 6.64. The first kappa shape index (κ1) is 15.2. The quantitative estimate of drug-likeness (QED) is 0.881. The van der Waals surface area contributed by atoms with E-state index in [1.807, 2.05) is 56.4 Å². The first-order valence-corrected chi connectivity index (χ1v) is 7.44. The Morgan fingerprint density at radius 1 is 1.20 bits per heavy atom. The van der Waals surface area contributed by atoms with Crippen molar-refractivity contribution < 1.29 is 5.11 Å². The van der Waals surface area contributed by atoms with Crippen LogP contribution in [0.15, 0.2) is 47.1 Å². The van der Waals surface area contributed by atoms with E-state index in [-0.39, 0.29) is 6.04 Å². The second kappa shape index (κ2) is 6.97. The monoisotopic (exact) mass is 334 g/mol. The molecule has 106 valence electrons. The van der Waals surface area contributed by atoms with Crippen LogP contribution in [-0.4, -0.2) is 16.1 Å². The van der Waals surface area contributed by atoms with E-state index in [0.29, 0.717) is 6.54 Å². The minimum atomic E-state index is -0.534. The van der Waals surface area contributed by atoms with E-state index < -0.39 is 6.10 Å². The lowest BCUT2D eigenvalue weighted by Crippen LogP contribution is -2.32. The third-order valence-corrected chi connectivity index (χ3v) is 3.79. The van der Waals surface area contributed by atoms with Crippen molar-refractivity contribution in [3.8, 4) is 0 Å². The van der Waals surface area contributed by atoms with Gasteiger partial charge in [0.2, 0.25) is 0 Å². The average molecular weight is 335 g/mol. The molecule has 1 aromatic heterocycles. The molecule has 2 rings (SSSR count). The fourth-order valence-corrected chi connectivity index (χ4v) is 2.19. The molecule has 0 spiro atoms. The Morgan fingerprint density at radius 3 is 2.50 bits per heavy atom. The summed E-state index contributed by atoms with van der Waals surface area (Å²) in [5, 5.41) is 13.6. The van der Waals surface area contributed by atoms with Crippen molar-refractivity contribution in [2.75, 3.05) is 0 Å². The topological polar surface area (TPSA) is 45.1 Å². The maximum Gasteiger partial charge on any atom is 0.0940 e. The van der Waals surface area contributed by atoms with Gasteiger partial charge in [-0.15, -0.1) is 0 Å². The van der Waals surface area contributed by atoms with Crippen LogP contribution in [0.3, 0.4) is 0 Å². The first-order chi connectivity index (χ1) is 9.56. The van der Waals surface area contributed by atoms with E-state index in [9.17, 15) is 5.11 Å². The number of aromatic nitrogens is 1. The highest BCUT2D eigenvalue weighted by Crippen LogP contribution is 2.19. The molecule has 0 saturated carbocycles. The van der Waals surface area contributed by atoms with Crippen LogP contribution < -0.4 is 5.32 Å². The van der Waals surface area contributed by atoms with E-state index in [4.69, 9.17) is 0 Å². The summed E-state index contributed by atoms with van der Waals surface area (Å²) < 4.78 is 1.01. The predicted octanol–water partition coefficient (Wildman–Crippen LogP) is 3.36. The molecule has 4 heteroatoms. The molecule has 2 N–H and O–H groups in total. The fraction of sp³-hybridized carbons (Fsp3) is 0.312. The molecule has 0 bridgehead atoms. The molecule has 2 atom stereocenters. The second-order valence-corrected chi connectivity index (χ2v) is 5.91. The Bertz CT molecular complexity index is 539. The van der Waals surface area contributed by atoms with Crippen LogP contribution in [0, 0.1) is 6.92 Å². The average Bonchev–Trinajstić information content (AvgIpc) is 2.46. The summed E-state index contributed by atoms with van der Waals surface area (Å²) in [6.45, 7) is 4.64. The Hall–Kier alpha value is -1.23. The molecule has 0 radical (unpaired) electrons. The zero-order valence-corrected chi connectivity index (χ0v) is 13.3. The minimum absolute atomic E-state index is 0.0423. The number of nitrogens with one attached hydrogen (secondary N) is 1. The summed E-state index contributed by atoms with van der Waals surface area (Å²) in [5.74, 6) is 0. The fourth-order valence-electron chi connectivity index (χ4n) is 1.93. The van der Waals surface area contributed by atoms with Gasteiger partial charge in [0.25, 0.3) is 0 Å². The SMILES string of the molecule is Cc1ccc(CN[C@@H](C)[C@H](O)c2ccc(Br)cc2)nc1. The number of aryl methyl sites for hydroxylation is 1. The zero-order valence-electron chi connectivity index (χ0n) is 11.7. The zero-order chi connectivity index (χ0) is 14.5. The van der Waals surface area contributed by atoms with Gasteiger partial charge in [-0.2, -0.15) is 0 Å². The van der Waals surface area contributed by atoms with Crippen molar-refractivity contribution in [2.45, 2.75) is 32.5 Å². The molecular formula is C16H19BrN2O. The van der Waals surface area contributed by atoms with E-state index in [1.54, 1.807) is 0 Å². The molecule has 2 aromatic rings. The van der Waals surface area contributed by atoms with Crippen molar-refractivity contribution in [1.82, 2.24) is 10.3 Å². The van der Waals surface area contributed by atoms with Crippen molar-refractivity contribution in [1.29, 1.82) is 0 Å². The third kappa shape index (κ3) is 4.13. The van der Waals surface area contributed by atoms with E-state index in [0.717, 1.165) is 21.3 Å². The summed E-state index contributed by atoms with van der Waals surface area (Å²) in [7, 11) is 0. The van der Waals surface area contributed by atoms with Gasteiger partial charge in [-0.25, -0.2) is 0 Å². The Balaban J connectivity index is 1.92. The number of nitrogens with zero attached hydrogens (tertiary/aromatic N) is 1. The van der Waals surface area contributed by atoms with Crippen LogP contribution in [0.4, 0.5) is 0 Å². The Morgan fingerprint density at radius 2 is 1.90 bits per heavy atom. The van der Waals surface area contributed by atoms with Crippen LogP contribution >= 0.6 is 15.9 Å². The van der Waals surface area contributed by atoms with Crippen LogP contribution in [0.1, 0.15) is 29.8 Å². The molecule has 1 heterocycles. The van der Waals surface area contributed by atoms with E-state index >= 15 is 0 Å². The number of pyridine rings is 1. The van der Waals surface area contributed by atoms with Crippen molar-refractivity contribution in [3.63, 3.8) is 0 Å². The van der Waals surface area contributed by atoms with E-state index in [2.05, 4.69) is 26.2 Å². The number of rotatable bonds is 5. The highest BCUT2D eigenvalue weighted by molar-refractivity contribution is 9.10. The Labute approximate surface area is 128 Å². The number of benzene rings is 1. The molecule has 3 nitrogen and oxygen atoms in total. The van der Waals surface area contributed by atoms with Crippen LogP contribution in [-0.2, 0) is 6.54 Å². The highest BCUT2D eigenvalue weighted by Gasteiger charge is 2.15. The lowest BCUT2D eigenvalue weighted by molar-refractivity contribution is 0.135. The largest absolute Gasteiger partial charge is 0.387 e. The second-order valence-electron chi connectivity index (χ2n) is 4.99. The van der Waals surface area contributed by atoms with Gasteiger partial charge in [0.05, 0.1) is 11.8 Å². The summed E-state index contributed by atoms with van der Waals surface area (Å²) in [4.78, 5) is 4.34. The van der Waals surface area contributed by atoms with Gasteiger partial charge in [0, 0.05) is 23.3 Å². The lowest BCUT2D eigenvalue weighted by Gasteiger charge is -2.20. The molecule has 0 aliphatic rings. The predicted molar refractivity (Wildman–Crippen MR) is 84.4 cm³/mol. The van der Waals surface area contributed by atoms with Crippen molar-refractivity contribution in [2.24, 2.45) is 0 Å². The summed E-state index contributed by atoms with van der Waals surface area (Å²) in [6.07, 6.45) is 1.32. The number of hydrogen-bond donors (Lipinski definition) is 2. The molecule has 0 aliphatic carbocycles. The smallest absolute Gasteiger partial charge is 0.0940 e. The van der Waals surface area contributed by atoms with Crippen molar-refractivity contribution in [3.05, 3.63) is 63.9 Å². The molecular weight excluding hydrogens is 316 g/mol. The highest BCUT2D eigenvalue weighted by atomic mass is 79.9. The van der Waals surface area contributed by atoms with Crippen LogP contribution in [0.25, 0.3) is 0 Å². The number of hydrogen-bond acceptors (Lipinski definition) is 3. The van der Waals surface area contributed by atoms with Gasteiger partial charge in [0.15, 0.2) is 0 Å². The number of aliphatic hydroxyl groups excluding tert-OH is 1.